The minimum absolute atomic E-state index is 0. The average molecular weight is 305 g/mol. The standard InChI is InChI=1S/C14H18F2N2O.ClH/c1-17(9-13(15)16)7-6-10-8-18(2)11-4-3-5-12(19)14(10)11;/h3-5,8,13,19H,6-7,9H2,1-2H3;1H. The third kappa shape index (κ3) is 3.61. The monoisotopic (exact) mass is 304 g/mol. The molecule has 0 radical (unpaired) electrons. The van der Waals surface area contributed by atoms with E-state index in [0.717, 1.165) is 16.5 Å². The summed E-state index contributed by atoms with van der Waals surface area (Å²) in [5, 5.41) is 10.7. The molecule has 6 heteroatoms. The molecule has 1 N–H and O–H groups in total. The summed E-state index contributed by atoms with van der Waals surface area (Å²) in [5.41, 5.74) is 1.93. The number of rotatable bonds is 5. The number of aryl methyl sites for hydroxylation is 1. The fourth-order valence-electron chi connectivity index (χ4n) is 2.35. The van der Waals surface area contributed by atoms with Crippen molar-refractivity contribution in [3.8, 4) is 5.75 Å². The van der Waals surface area contributed by atoms with Crippen molar-refractivity contribution in [1.29, 1.82) is 0 Å². The molecule has 1 aromatic heterocycles. The number of likely N-dealkylation sites (N-methyl/N-ethyl adjacent to an activating group) is 1. The van der Waals surface area contributed by atoms with E-state index in [1.165, 1.54) is 0 Å². The first kappa shape index (κ1) is 16.7. The Bertz CT molecular complexity index is 572. The summed E-state index contributed by atoms with van der Waals surface area (Å²) in [7, 11) is 3.59. The van der Waals surface area contributed by atoms with E-state index >= 15 is 0 Å². The van der Waals surface area contributed by atoms with E-state index in [0.29, 0.717) is 13.0 Å². The lowest BCUT2D eigenvalue weighted by Crippen LogP contribution is -2.26. The van der Waals surface area contributed by atoms with Crippen LogP contribution in [0.3, 0.4) is 0 Å². The third-order valence-electron chi connectivity index (χ3n) is 3.28. The molecule has 20 heavy (non-hydrogen) atoms. The zero-order valence-corrected chi connectivity index (χ0v) is 12.3. The first-order valence-electron chi connectivity index (χ1n) is 6.21. The van der Waals surface area contributed by atoms with Gasteiger partial charge in [-0.3, -0.25) is 0 Å². The third-order valence-corrected chi connectivity index (χ3v) is 3.28. The number of hydrogen-bond acceptors (Lipinski definition) is 2. The summed E-state index contributed by atoms with van der Waals surface area (Å²) < 4.78 is 26.4. The number of benzene rings is 1. The number of halogens is 3. The maximum absolute atomic E-state index is 12.2. The number of alkyl halides is 2. The van der Waals surface area contributed by atoms with Gasteiger partial charge in [-0.2, -0.15) is 0 Å². The minimum atomic E-state index is -2.31. The molecule has 0 atom stereocenters. The molecule has 0 unspecified atom stereocenters. The Morgan fingerprint density at radius 3 is 2.70 bits per heavy atom. The normalized spacial score (nSPS) is 11.3. The molecule has 0 aliphatic carbocycles. The first-order valence-corrected chi connectivity index (χ1v) is 6.21. The van der Waals surface area contributed by atoms with Crippen LogP contribution < -0.4 is 0 Å². The smallest absolute Gasteiger partial charge is 0.251 e. The highest BCUT2D eigenvalue weighted by Gasteiger charge is 2.12. The van der Waals surface area contributed by atoms with Crippen molar-refractivity contribution in [2.75, 3.05) is 20.1 Å². The number of fused-ring (bicyclic) bond motifs is 1. The van der Waals surface area contributed by atoms with E-state index in [-0.39, 0.29) is 24.7 Å². The van der Waals surface area contributed by atoms with E-state index < -0.39 is 6.43 Å². The topological polar surface area (TPSA) is 28.4 Å². The Morgan fingerprint density at radius 1 is 1.35 bits per heavy atom. The van der Waals surface area contributed by atoms with E-state index in [1.54, 1.807) is 24.1 Å². The number of nitrogens with zero attached hydrogens (tertiary/aromatic N) is 2. The van der Waals surface area contributed by atoms with Crippen molar-refractivity contribution >= 4 is 23.3 Å². The van der Waals surface area contributed by atoms with Crippen molar-refractivity contribution in [1.82, 2.24) is 9.47 Å². The SMILES string of the molecule is CN(CCc1cn(C)c2cccc(O)c12)CC(F)F.Cl. The second-order valence-electron chi connectivity index (χ2n) is 4.84. The zero-order chi connectivity index (χ0) is 14.0. The Morgan fingerprint density at radius 2 is 2.05 bits per heavy atom. The molecule has 3 nitrogen and oxygen atoms in total. The van der Waals surface area contributed by atoms with Gasteiger partial charge in [-0.1, -0.05) is 6.07 Å². The summed E-state index contributed by atoms with van der Waals surface area (Å²) in [6.07, 6.45) is 0.268. The molecule has 0 bridgehead atoms. The minimum Gasteiger partial charge on any atom is -0.507 e. The molecule has 0 fully saturated rings. The van der Waals surface area contributed by atoms with Gasteiger partial charge in [-0.15, -0.1) is 12.4 Å². The molecule has 1 heterocycles. The predicted molar refractivity (Wildman–Crippen MR) is 79.0 cm³/mol. The summed E-state index contributed by atoms with van der Waals surface area (Å²) in [6, 6.07) is 5.38. The molecule has 0 aliphatic rings. The maximum Gasteiger partial charge on any atom is 0.251 e. The highest BCUT2D eigenvalue weighted by Crippen LogP contribution is 2.29. The Hall–Kier alpha value is -1.33. The van der Waals surface area contributed by atoms with Gasteiger partial charge in [0.25, 0.3) is 6.43 Å². The Kier molecular flexibility index (Phi) is 5.77. The largest absolute Gasteiger partial charge is 0.507 e. The van der Waals surface area contributed by atoms with Gasteiger partial charge in [0.05, 0.1) is 12.1 Å². The molecule has 2 rings (SSSR count). The van der Waals surface area contributed by atoms with Gasteiger partial charge in [0.15, 0.2) is 0 Å². The second-order valence-corrected chi connectivity index (χ2v) is 4.84. The maximum atomic E-state index is 12.2. The molecular weight excluding hydrogens is 286 g/mol. The van der Waals surface area contributed by atoms with Crippen LogP contribution in [-0.4, -0.2) is 41.1 Å². The van der Waals surface area contributed by atoms with Crippen molar-refractivity contribution in [3.05, 3.63) is 30.0 Å². The lowest BCUT2D eigenvalue weighted by atomic mass is 10.1. The van der Waals surface area contributed by atoms with Crippen LogP contribution in [0.1, 0.15) is 5.56 Å². The van der Waals surface area contributed by atoms with Crippen LogP contribution in [-0.2, 0) is 13.5 Å². The molecule has 0 saturated carbocycles. The molecule has 2 aromatic rings. The zero-order valence-electron chi connectivity index (χ0n) is 11.5. The predicted octanol–water partition coefficient (Wildman–Crippen LogP) is 3.05. The molecule has 0 aliphatic heterocycles. The van der Waals surface area contributed by atoms with Crippen LogP contribution in [0, 0.1) is 0 Å². The van der Waals surface area contributed by atoms with Gasteiger partial charge in [0.1, 0.15) is 5.75 Å². The fraction of sp³-hybridized carbons (Fsp3) is 0.429. The van der Waals surface area contributed by atoms with Gasteiger partial charge >= 0.3 is 0 Å². The van der Waals surface area contributed by atoms with Gasteiger partial charge in [-0.05, 0) is 31.2 Å². The van der Waals surface area contributed by atoms with Crippen LogP contribution >= 0.6 is 12.4 Å². The lowest BCUT2D eigenvalue weighted by Gasteiger charge is -2.15. The molecule has 112 valence electrons. The van der Waals surface area contributed by atoms with Crippen LogP contribution in [0.15, 0.2) is 24.4 Å². The lowest BCUT2D eigenvalue weighted by molar-refractivity contribution is 0.101. The van der Waals surface area contributed by atoms with Gasteiger partial charge in [0, 0.05) is 25.2 Å². The van der Waals surface area contributed by atoms with Gasteiger partial charge < -0.3 is 14.6 Å². The van der Waals surface area contributed by atoms with Crippen molar-refractivity contribution in [3.63, 3.8) is 0 Å². The molecule has 0 spiro atoms. The molecular formula is C14H19ClF2N2O. The molecule has 0 amide bonds. The molecule has 1 aromatic carbocycles. The Balaban J connectivity index is 0.00000200. The number of aromatic hydroxyl groups is 1. The van der Waals surface area contributed by atoms with Crippen LogP contribution in [0.5, 0.6) is 5.75 Å². The second kappa shape index (κ2) is 6.90. The van der Waals surface area contributed by atoms with Crippen LogP contribution in [0.25, 0.3) is 10.9 Å². The number of hydrogen-bond donors (Lipinski definition) is 1. The van der Waals surface area contributed by atoms with E-state index in [4.69, 9.17) is 0 Å². The van der Waals surface area contributed by atoms with Crippen LogP contribution in [0.2, 0.25) is 0 Å². The van der Waals surface area contributed by atoms with Crippen molar-refractivity contribution < 1.29 is 13.9 Å². The van der Waals surface area contributed by atoms with Crippen LogP contribution in [0.4, 0.5) is 8.78 Å². The Labute approximate surface area is 123 Å². The highest BCUT2D eigenvalue weighted by molar-refractivity contribution is 5.89. The van der Waals surface area contributed by atoms with Gasteiger partial charge in [-0.25, -0.2) is 8.78 Å². The summed E-state index contributed by atoms with van der Waals surface area (Å²) in [6.45, 7) is 0.314. The van der Waals surface area contributed by atoms with Crippen molar-refractivity contribution in [2.24, 2.45) is 7.05 Å². The quantitative estimate of drug-likeness (QED) is 0.919. The average Bonchev–Trinajstić information content (AvgIpc) is 2.65. The highest BCUT2D eigenvalue weighted by atomic mass is 35.5. The van der Waals surface area contributed by atoms with Gasteiger partial charge in [0.2, 0.25) is 0 Å². The number of aromatic nitrogens is 1. The number of phenols is 1. The first-order chi connectivity index (χ1) is 8.99. The van der Waals surface area contributed by atoms with E-state index in [1.807, 2.05) is 23.9 Å². The van der Waals surface area contributed by atoms with E-state index in [9.17, 15) is 13.9 Å². The summed E-state index contributed by atoms with van der Waals surface area (Å²) in [4.78, 5) is 1.60. The van der Waals surface area contributed by atoms with E-state index in [2.05, 4.69) is 0 Å². The summed E-state index contributed by atoms with van der Waals surface area (Å²) in [5.74, 6) is 0.240. The van der Waals surface area contributed by atoms with Crippen molar-refractivity contribution in [2.45, 2.75) is 12.8 Å². The molecule has 0 saturated heterocycles. The number of phenolic OH excluding ortho intramolecular Hbond substituents is 1. The fourth-order valence-corrected chi connectivity index (χ4v) is 2.35. The summed E-state index contributed by atoms with van der Waals surface area (Å²) >= 11 is 0.